The van der Waals surface area contributed by atoms with Crippen LogP contribution in [0.25, 0.3) is 0 Å². The molecular formula is C19H29N3O. The summed E-state index contributed by atoms with van der Waals surface area (Å²) in [6, 6.07) is 8.97. The molecule has 0 atom stereocenters. The Hall–Kier alpha value is -1.81. The van der Waals surface area contributed by atoms with Crippen molar-refractivity contribution in [3.63, 3.8) is 0 Å². The van der Waals surface area contributed by atoms with E-state index >= 15 is 0 Å². The maximum atomic E-state index is 5.62. The number of guanidine groups is 1. The minimum Gasteiger partial charge on any atom is -0.374 e. The number of ether oxygens (including phenoxy) is 1. The van der Waals surface area contributed by atoms with Crippen molar-refractivity contribution in [1.29, 1.82) is 0 Å². The summed E-state index contributed by atoms with van der Waals surface area (Å²) >= 11 is 0. The maximum absolute atomic E-state index is 5.62. The summed E-state index contributed by atoms with van der Waals surface area (Å²) in [7, 11) is 0. The Labute approximate surface area is 140 Å². The molecule has 1 aliphatic rings. The van der Waals surface area contributed by atoms with Crippen LogP contribution in [0, 0.1) is 0 Å². The van der Waals surface area contributed by atoms with Gasteiger partial charge < -0.3 is 15.4 Å². The van der Waals surface area contributed by atoms with E-state index in [4.69, 9.17) is 4.74 Å². The molecular weight excluding hydrogens is 286 g/mol. The third kappa shape index (κ3) is 6.45. The van der Waals surface area contributed by atoms with Crippen molar-refractivity contribution < 1.29 is 4.74 Å². The standard InChI is InChI=1S/C19H29N3O/c1-4-20-19(22-18-7-5-6-8-18)21-13-16-9-11-17(12-10-16)14-23-15(2)3/h5-6,9-12,15,18H,4,7-8,13-14H2,1-3H3,(H2,20,21,22). The Balaban J connectivity index is 1.87. The van der Waals surface area contributed by atoms with Gasteiger partial charge >= 0.3 is 0 Å². The van der Waals surface area contributed by atoms with Crippen LogP contribution in [0.1, 0.15) is 44.7 Å². The second-order valence-corrected chi connectivity index (χ2v) is 6.16. The number of aliphatic imine (C=N–C) groups is 1. The minimum atomic E-state index is 0.262. The quantitative estimate of drug-likeness (QED) is 0.460. The second-order valence-electron chi connectivity index (χ2n) is 6.16. The first-order valence-corrected chi connectivity index (χ1v) is 8.56. The lowest BCUT2D eigenvalue weighted by molar-refractivity contribution is 0.0657. The molecule has 1 aromatic rings. The van der Waals surface area contributed by atoms with Crippen LogP contribution in [0.5, 0.6) is 0 Å². The van der Waals surface area contributed by atoms with Crippen molar-refractivity contribution in [3.8, 4) is 0 Å². The van der Waals surface area contributed by atoms with Gasteiger partial charge in [0.2, 0.25) is 0 Å². The number of hydrogen-bond acceptors (Lipinski definition) is 2. The molecule has 126 valence electrons. The first kappa shape index (κ1) is 17.5. The Kier molecular flexibility index (Phi) is 7.14. The fraction of sp³-hybridized carbons (Fsp3) is 0.526. The van der Waals surface area contributed by atoms with Crippen molar-refractivity contribution >= 4 is 5.96 Å². The van der Waals surface area contributed by atoms with E-state index in [-0.39, 0.29) is 6.10 Å². The highest BCUT2D eigenvalue weighted by atomic mass is 16.5. The van der Waals surface area contributed by atoms with Gasteiger partial charge in [-0.15, -0.1) is 0 Å². The molecule has 0 aromatic heterocycles. The summed E-state index contributed by atoms with van der Waals surface area (Å²) in [4.78, 5) is 4.69. The number of benzene rings is 1. The van der Waals surface area contributed by atoms with Gasteiger partial charge in [0.1, 0.15) is 0 Å². The van der Waals surface area contributed by atoms with Crippen molar-refractivity contribution in [2.75, 3.05) is 6.54 Å². The lowest BCUT2D eigenvalue weighted by Gasteiger charge is -2.16. The highest BCUT2D eigenvalue weighted by Crippen LogP contribution is 2.10. The van der Waals surface area contributed by atoms with E-state index in [0.717, 1.165) is 25.3 Å². The van der Waals surface area contributed by atoms with Gasteiger partial charge in [0.05, 0.1) is 19.3 Å². The summed E-state index contributed by atoms with van der Waals surface area (Å²) in [5.41, 5.74) is 2.41. The third-order valence-electron chi connectivity index (χ3n) is 3.72. The summed E-state index contributed by atoms with van der Waals surface area (Å²) in [6.45, 7) is 8.42. The number of nitrogens with zero attached hydrogens (tertiary/aromatic N) is 1. The van der Waals surface area contributed by atoms with Gasteiger partial charge in [0, 0.05) is 12.6 Å². The van der Waals surface area contributed by atoms with E-state index in [1.165, 1.54) is 11.1 Å². The smallest absolute Gasteiger partial charge is 0.191 e. The van der Waals surface area contributed by atoms with E-state index in [9.17, 15) is 0 Å². The van der Waals surface area contributed by atoms with Crippen LogP contribution in [0.4, 0.5) is 0 Å². The van der Waals surface area contributed by atoms with Crippen LogP contribution >= 0.6 is 0 Å². The molecule has 0 saturated heterocycles. The van der Waals surface area contributed by atoms with Crippen molar-refractivity contribution in [2.45, 2.75) is 58.9 Å². The second kappa shape index (κ2) is 9.36. The molecule has 4 heteroatoms. The summed E-state index contributed by atoms with van der Waals surface area (Å²) < 4.78 is 5.62. The Bertz CT molecular complexity index is 512. The number of nitrogens with one attached hydrogen (secondary N) is 2. The van der Waals surface area contributed by atoms with Gasteiger partial charge in [-0.2, -0.15) is 0 Å². The molecule has 0 unspecified atom stereocenters. The van der Waals surface area contributed by atoms with E-state index in [1.54, 1.807) is 0 Å². The Morgan fingerprint density at radius 2 is 1.83 bits per heavy atom. The van der Waals surface area contributed by atoms with Gasteiger partial charge in [-0.3, -0.25) is 0 Å². The maximum Gasteiger partial charge on any atom is 0.191 e. The van der Waals surface area contributed by atoms with E-state index in [0.29, 0.717) is 19.2 Å². The number of hydrogen-bond donors (Lipinski definition) is 2. The topological polar surface area (TPSA) is 45.7 Å². The highest BCUT2D eigenvalue weighted by Gasteiger charge is 2.11. The van der Waals surface area contributed by atoms with Crippen LogP contribution in [-0.2, 0) is 17.9 Å². The average Bonchev–Trinajstić information content (AvgIpc) is 3.05. The van der Waals surface area contributed by atoms with E-state index < -0.39 is 0 Å². The molecule has 4 nitrogen and oxygen atoms in total. The van der Waals surface area contributed by atoms with Crippen molar-refractivity contribution in [2.24, 2.45) is 4.99 Å². The molecule has 2 N–H and O–H groups in total. The molecule has 0 amide bonds. The van der Waals surface area contributed by atoms with Crippen molar-refractivity contribution in [1.82, 2.24) is 10.6 Å². The predicted molar refractivity (Wildman–Crippen MR) is 96.5 cm³/mol. The molecule has 23 heavy (non-hydrogen) atoms. The first-order valence-electron chi connectivity index (χ1n) is 8.56. The Morgan fingerprint density at radius 1 is 1.17 bits per heavy atom. The van der Waals surface area contributed by atoms with E-state index in [2.05, 4.69) is 72.8 Å². The largest absolute Gasteiger partial charge is 0.374 e. The van der Waals surface area contributed by atoms with Gasteiger partial charge in [-0.1, -0.05) is 36.4 Å². The van der Waals surface area contributed by atoms with E-state index in [1.807, 2.05) is 0 Å². The van der Waals surface area contributed by atoms with Gasteiger partial charge in [-0.25, -0.2) is 4.99 Å². The van der Waals surface area contributed by atoms with Crippen LogP contribution < -0.4 is 10.6 Å². The zero-order valence-corrected chi connectivity index (χ0v) is 14.5. The zero-order chi connectivity index (χ0) is 16.5. The summed E-state index contributed by atoms with van der Waals surface area (Å²) in [6.07, 6.45) is 6.86. The van der Waals surface area contributed by atoms with Gasteiger partial charge in [0.15, 0.2) is 5.96 Å². The van der Waals surface area contributed by atoms with Crippen LogP contribution in [-0.4, -0.2) is 24.7 Å². The predicted octanol–water partition coefficient (Wildman–Crippen LogP) is 3.39. The van der Waals surface area contributed by atoms with Gasteiger partial charge in [0.25, 0.3) is 0 Å². The summed E-state index contributed by atoms with van der Waals surface area (Å²) in [5.74, 6) is 0.897. The molecule has 2 rings (SSSR count). The molecule has 0 spiro atoms. The third-order valence-corrected chi connectivity index (χ3v) is 3.72. The summed E-state index contributed by atoms with van der Waals surface area (Å²) in [5, 5.41) is 6.80. The van der Waals surface area contributed by atoms with Crippen LogP contribution in [0.3, 0.4) is 0 Å². The monoisotopic (exact) mass is 315 g/mol. The fourth-order valence-corrected chi connectivity index (χ4v) is 2.42. The fourth-order valence-electron chi connectivity index (χ4n) is 2.42. The molecule has 1 aliphatic carbocycles. The molecule has 0 aliphatic heterocycles. The van der Waals surface area contributed by atoms with Crippen LogP contribution in [0.2, 0.25) is 0 Å². The SMILES string of the molecule is CCNC(=NCc1ccc(COC(C)C)cc1)NC1CC=CC1. The normalized spacial score (nSPS) is 15.4. The highest BCUT2D eigenvalue weighted by molar-refractivity contribution is 5.80. The Morgan fingerprint density at radius 3 is 2.43 bits per heavy atom. The average molecular weight is 315 g/mol. The lowest BCUT2D eigenvalue weighted by atomic mass is 10.1. The van der Waals surface area contributed by atoms with Crippen LogP contribution in [0.15, 0.2) is 41.4 Å². The number of rotatable bonds is 7. The molecule has 0 bridgehead atoms. The zero-order valence-electron chi connectivity index (χ0n) is 14.5. The molecule has 0 saturated carbocycles. The lowest BCUT2D eigenvalue weighted by Crippen LogP contribution is -2.42. The molecule has 0 heterocycles. The van der Waals surface area contributed by atoms with Gasteiger partial charge in [-0.05, 0) is 44.7 Å². The van der Waals surface area contributed by atoms with Crippen molar-refractivity contribution in [3.05, 3.63) is 47.5 Å². The molecule has 1 aromatic carbocycles. The molecule has 0 radical (unpaired) electrons. The minimum absolute atomic E-state index is 0.262. The first-order chi connectivity index (χ1) is 11.2. The molecule has 0 fully saturated rings.